The Kier molecular flexibility index (Phi) is 7.70. The van der Waals surface area contributed by atoms with Crippen LogP contribution in [-0.4, -0.2) is 40.2 Å². The van der Waals surface area contributed by atoms with E-state index in [9.17, 15) is 9.59 Å². The average Bonchev–Trinajstić information content (AvgIpc) is 2.87. The van der Waals surface area contributed by atoms with Gasteiger partial charge in [-0.3, -0.25) is 4.79 Å². The molecule has 7 heteroatoms. The van der Waals surface area contributed by atoms with Crippen LogP contribution in [0.1, 0.15) is 26.3 Å². The first-order valence-electron chi connectivity index (χ1n) is 9.97. The van der Waals surface area contributed by atoms with Crippen LogP contribution >= 0.6 is 0 Å². The van der Waals surface area contributed by atoms with Gasteiger partial charge in [-0.05, 0) is 60.2 Å². The van der Waals surface area contributed by atoms with E-state index in [2.05, 4.69) is 0 Å². The number of rotatable bonds is 9. The van der Waals surface area contributed by atoms with Crippen molar-refractivity contribution in [3.05, 3.63) is 83.4 Å². The maximum atomic E-state index is 12.6. The van der Waals surface area contributed by atoms with E-state index < -0.39 is 5.97 Å². The fraction of sp³-hybridized carbons (Fsp3) is 0.154. The molecule has 0 amide bonds. The van der Waals surface area contributed by atoms with Gasteiger partial charge in [-0.1, -0.05) is 18.2 Å². The molecule has 0 bridgehead atoms. The summed E-state index contributed by atoms with van der Waals surface area (Å²) in [7, 11) is 6.05. The minimum Gasteiger partial charge on any atom is -0.497 e. The Labute approximate surface area is 192 Å². The zero-order chi connectivity index (χ0) is 23.8. The molecule has 0 saturated heterocycles. The highest BCUT2D eigenvalue weighted by Crippen LogP contribution is 2.28. The molecule has 0 radical (unpaired) electrons. The minimum absolute atomic E-state index is 0.227. The van der Waals surface area contributed by atoms with Crippen LogP contribution in [0.2, 0.25) is 0 Å². The number of benzene rings is 3. The monoisotopic (exact) mass is 448 g/mol. The molecule has 3 rings (SSSR count). The van der Waals surface area contributed by atoms with Crippen molar-refractivity contribution in [2.75, 3.05) is 28.4 Å². The van der Waals surface area contributed by atoms with E-state index in [4.69, 9.17) is 23.7 Å². The normalized spacial score (nSPS) is 10.5. The number of carbonyl (C=O) groups excluding carboxylic acids is 2. The van der Waals surface area contributed by atoms with Gasteiger partial charge in [-0.15, -0.1) is 0 Å². The lowest BCUT2D eigenvalue weighted by Crippen LogP contribution is -2.08. The molecule has 170 valence electrons. The number of esters is 1. The van der Waals surface area contributed by atoms with Crippen molar-refractivity contribution in [3.8, 4) is 28.7 Å². The van der Waals surface area contributed by atoms with Gasteiger partial charge in [0, 0.05) is 0 Å². The highest BCUT2D eigenvalue weighted by atomic mass is 16.5. The molecular weight excluding hydrogens is 424 g/mol. The van der Waals surface area contributed by atoms with Gasteiger partial charge in [-0.2, -0.15) is 0 Å². The number of hydrogen-bond acceptors (Lipinski definition) is 7. The quantitative estimate of drug-likeness (QED) is 0.201. The van der Waals surface area contributed by atoms with E-state index in [0.717, 1.165) is 5.56 Å². The summed E-state index contributed by atoms with van der Waals surface area (Å²) < 4.78 is 26.3. The summed E-state index contributed by atoms with van der Waals surface area (Å²) in [6.45, 7) is 0. The minimum atomic E-state index is -0.528. The summed E-state index contributed by atoms with van der Waals surface area (Å²) in [6.07, 6.45) is 3.11. The maximum absolute atomic E-state index is 12.6. The number of ether oxygens (including phenoxy) is 5. The largest absolute Gasteiger partial charge is 0.497 e. The van der Waals surface area contributed by atoms with Gasteiger partial charge in [-0.25, -0.2) is 4.79 Å². The Balaban J connectivity index is 1.69. The standard InChI is InChI=1S/C26H24O7/c1-29-20-11-14-23(30-2)21(16-20)22(27)12-7-17-5-9-19(10-6-17)33-26(28)18-8-13-24(31-3)25(15-18)32-4/h5-16H,1-4H3. The average molecular weight is 448 g/mol. The predicted octanol–water partition coefficient (Wildman–Crippen LogP) is 4.84. The first-order valence-corrected chi connectivity index (χ1v) is 9.97. The molecule has 0 N–H and O–H groups in total. The topological polar surface area (TPSA) is 80.3 Å². The van der Waals surface area contributed by atoms with Gasteiger partial charge >= 0.3 is 5.97 Å². The number of allylic oxidation sites excluding steroid dienone is 1. The van der Waals surface area contributed by atoms with E-state index in [1.165, 1.54) is 34.5 Å². The Morgan fingerprint density at radius 1 is 0.667 bits per heavy atom. The molecule has 3 aromatic rings. The fourth-order valence-corrected chi connectivity index (χ4v) is 3.04. The first kappa shape index (κ1) is 23.4. The second-order valence-corrected chi connectivity index (χ2v) is 6.79. The van der Waals surface area contributed by atoms with E-state index in [-0.39, 0.29) is 5.78 Å². The lowest BCUT2D eigenvalue weighted by Gasteiger charge is -2.09. The van der Waals surface area contributed by atoms with Gasteiger partial charge in [0.15, 0.2) is 17.3 Å². The fourth-order valence-electron chi connectivity index (χ4n) is 3.04. The molecule has 0 aromatic heterocycles. The molecule has 0 aliphatic carbocycles. The molecule has 0 unspecified atom stereocenters. The molecule has 0 spiro atoms. The molecule has 33 heavy (non-hydrogen) atoms. The number of carbonyl (C=O) groups is 2. The van der Waals surface area contributed by atoms with Crippen molar-refractivity contribution in [2.45, 2.75) is 0 Å². The van der Waals surface area contributed by atoms with Crippen molar-refractivity contribution in [3.63, 3.8) is 0 Å². The Hall–Kier alpha value is -4.26. The van der Waals surface area contributed by atoms with E-state index in [1.807, 2.05) is 0 Å². The highest BCUT2D eigenvalue weighted by molar-refractivity contribution is 6.08. The van der Waals surface area contributed by atoms with Crippen molar-refractivity contribution >= 4 is 17.8 Å². The summed E-state index contributed by atoms with van der Waals surface area (Å²) in [6, 6.07) is 16.6. The van der Waals surface area contributed by atoms with Crippen LogP contribution in [0.3, 0.4) is 0 Å². The van der Waals surface area contributed by atoms with E-state index in [0.29, 0.717) is 39.9 Å². The van der Waals surface area contributed by atoms with Crippen LogP contribution in [0, 0.1) is 0 Å². The van der Waals surface area contributed by atoms with E-state index >= 15 is 0 Å². The maximum Gasteiger partial charge on any atom is 0.343 e. The smallest absolute Gasteiger partial charge is 0.343 e. The van der Waals surface area contributed by atoms with Crippen LogP contribution in [0.4, 0.5) is 0 Å². The second-order valence-electron chi connectivity index (χ2n) is 6.79. The van der Waals surface area contributed by atoms with Crippen molar-refractivity contribution < 1.29 is 33.3 Å². The second kappa shape index (κ2) is 10.9. The highest BCUT2D eigenvalue weighted by Gasteiger charge is 2.13. The SMILES string of the molecule is COc1ccc(OC)c(C(=O)C=Cc2ccc(OC(=O)c3ccc(OC)c(OC)c3)cc2)c1. The molecule has 0 aliphatic heterocycles. The Morgan fingerprint density at radius 2 is 1.30 bits per heavy atom. The lowest BCUT2D eigenvalue weighted by atomic mass is 10.1. The van der Waals surface area contributed by atoms with Gasteiger partial charge in [0.2, 0.25) is 0 Å². The van der Waals surface area contributed by atoms with Crippen LogP contribution in [-0.2, 0) is 0 Å². The molecular formula is C26H24O7. The summed E-state index contributed by atoms with van der Waals surface area (Å²) in [4.78, 5) is 25.1. The summed E-state index contributed by atoms with van der Waals surface area (Å²) in [5, 5.41) is 0. The van der Waals surface area contributed by atoms with Crippen molar-refractivity contribution in [1.29, 1.82) is 0 Å². The number of hydrogen-bond donors (Lipinski definition) is 0. The Morgan fingerprint density at radius 3 is 1.94 bits per heavy atom. The third kappa shape index (κ3) is 5.71. The first-order chi connectivity index (χ1) is 16.0. The third-order valence-electron chi connectivity index (χ3n) is 4.81. The van der Waals surface area contributed by atoms with Gasteiger partial charge in [0.1, 0.15) is 17.2 Å². The predicted molar refractivity (Wildman–Crippen MR) is 124 cm³/mol. The number of ketones is 1. The summed E-state index contributed by atoms with van der Waals surface area (Å²) in [5.41, 5.74) is 1.49. The molecule has 0 saturated carbocycles. The molecule has 3 aromatic carbocycles. The third-order valence-corrected chi connectivity index (χ3v) is 4.81. The summed E-state index contributed by atoms with van der Waals surface area (Å²) >= 11 is 0. The summed E-state index contributed by atoms with van der Waals surface area (Å²) in [5.74, 6) is 1.59. The van der Waals surface area contributed by atoms with Gasteiger partial charge in [0.05, 0.1) is 39.6 Å². The molecule has 7 nitrogen and oxygen atoms in total. The Bertz CT molecular complexity index is 1160. The molecule has 0 heterocycles. The van der Waals surface area contributed by atoms with Crippen LogP contribution in [0.25, 0.3) is 6.08 Å². The van der Waals surface area contributed by atoms with Crippen molar-refractivity contribution in [2.24, 2.45) is 0 Å². The zero-order valence-electron chi connectivity index (χ0n) is 18.8. The molecule has 0 aliphatic rings. The zero-order valence-corrected chi connectivity index (χ0v) is 18.8. The van der Waals surface area contributed by atoms with Gasteiger partial charge < -0.3 is 23.7 Å². The lowest BCUT2D eigenvalue weighted by molar-refractivity contribution is 0.0734. The van der Waals surface area contributed by atoms with Crippen molar-refractivity contribution in [1.82, 2.24) is 0 Å². The van der Waals surface area contributed by atoms with E-state index in [1.54, 1.807) is 66.7 Å². The molecule has 0 atom stereocenters. The van der Waals surface area contributed by atoms with Crippen LogP contribution < -0.4 is 23.7 Å². The number of methoxy groups -OCH3 is 4. The van der Waals surface area contributed by atoms with Crippen LogP contribution in [0.5, 0.6) is 28.7 Å². The molecule has 0 fully saturated rings. The van der Waals surface area contributed by atoms with Crippen LogP contribution in [0.15, 0.2) is 66.7 Å². The van der Waals surface area contributed by atoms with Gasteiger partial charge in [0.25, 0.3) is 0 Å².